The molecule has 0 aromatic heterocycles. The summed E-state index contributed by atoms with van der Waals surface area (Å²) in [6, 6.07) is 0. The minimum absolute atomic E-state index is 0.310. The molecular weight excluding hydrogens is 193 g/mol. The van der Waals surface area contributed by atoms with Gasteiger partial charge in [0, 0.05) is 9.80 Å². The van der Waals surface area contributed by atoms with Crippen molar-refractivity contribution >= 4 is 7.75 Å². The predicted octanol–water partition coefficient (Wildman–Crippen LogP) is 3.25. The lowest BCUT2D eigenvalue weighted by molar-refractivity contribution is 0.143. The zero-order chi connectivity index (χ0) is 10.5. The first-order valence-electron chi connectivity index (χ1n) is 3.93. The van der Waals surface area contributed by atoms with E-state index in [4.69, 9.17) is 14.6 Å². The third-order valence-electron chi connectivity index (χ3n) is 0.838. The minimum atomic E-state index is -3.62. The molecule has 0 rings (SSSR count). The Hall–Kier alpha value is -0.540. The van der Waals surface area contributed by atoms with E-state index in [1.165, 1.54) is 0 Å². The molecule has 0 aliphatic heterocycles. The Morgan fingerprint density at radius 3 is 1.85 bits per heavy atom. The molecule has 13 heavy (non-hydrogen) atoms. The van der Waals surface area contributed by atoms with Crippen LogP contribution in [0, 0.1) is 0 Å². The SMILES string of the molecule is CC(C)OP(=O)(N=[N+]=[N-])OC(C)C. The van der Waals surface area contributed by atoms with Crippen LogP contribution in [0.2, 0.25) is 0 Å². The molecule has 0 heterocycles. The molecule has 0 fully saturated rings. The highest BCUT2D eigenvalue weighted by Gasteiger charge is 2.25. The topological polar surface area (TPSA) is 84.3 Å². The molecule has 0 atom stereocenters. The normalized spacial score (nSPS) is 11.8. The van der Waals surface area contributed by atoms with Gasteiger partial charge in [-0.2, -0.15) is 0 Å². The molecule has 0 spiro atoms. The Balaban J connectivity index is 4.53. The average molecular weight is 207 g/mol. The molecule has 0 aliphatic carbocycles. The molecule has 0 saturated carbocycles. The van der Waals surface area contributed by atoms with Gasteiger partial charge in [-0.1, -0.05) is 0 Å². The fourth-order valence-electron chi connectivity index (χ4n) is 0.649. The van der Waals surface area contributed by atoms with Crippen molar-refractivity contribution in [1.82, 2.24) is 0 Å². The monoisotopic (exact) mass is 207 g/mol. The van der Waals surface area contributed by atoms with Crippen LogP contribution in [-0.4, -0.2) is 12.2 Å². The van der Waals surface area contributed by atoms with E-state index in [0.29, 0.717) is 0 Å². The van der Waals surface area contributed by atoms with Gasteiger partial charge in [0.05, 0.1) is 12.2 Å². The van der Waals surface area contributed by atoms with Gasteiger partial charge in [-0.3, -0.25) is 4.57 Å². The summed E-state index contributed by atoms with van der Waals surface area (Å²) < 4.78 is 21.4. The van der Waals surface area contributed by atoms with Gasteiger partial charge >= 0.3 is 7.75 Å². The maximum atomic E-state index is 11.6. The van der Waals surface area contributed by atoms with Gasteiger partial charge in [-0.05, 0) is 33.2 Å². The van der Waals surface area contributed by atoms with Crippen LogP contribution in [0.5, 0.6) is 0 Å². The second kappa shape index (κ2) is 5.25. The Bertz CT molecular complexity index is 234. The molecule has 76 valence electrons. The van der Waals surface area contributed by atoms with E-state index in [1.807, 2.05) is 0 Å². The predicted molar refractivity (Wildman–Crippen MR) is 49.2 cm³/mol. The van der Waals surface area contributed by atoms with E-state index >= 15 is 0 Å². The van der Waals surface area contributed by atoms with Crippen LogP contribution in [0.3, 0.4) is 0 Å². The third-order valence-corrected chi connectivity index (χ3v) is 2.51. The average Bonchev–Trinajstić information content (AvgIpc) is 1.81. The molecule has 0 bridgehead atoms. The molecule has 0 aliphatic rings. The standard InChI is InChI=1S/C6H14N3O3P/c1-5(2)11-13(10,9-8-7)12-6(3)4/h5-6H,1-4H3. The van der Waals surface area contributed by atoms with Crippen molar-refractivity contribution in [2.75, 3.05) is 0 Å². The summed E-state index contributed by atoms with van der Waals surface area (Å²) in [5.74, 6) is 0. The highest BCUT2D eigenvalue weighted by atomic mass is 31.2. The summed E-state index contributed by atoms with van der Waals surface area (Å²) >= 11 is 0. The van der Waals surface area contributed by atoms with Gasteiger partial charge in [0.1, 0.15) is 0 Å². The zero-order valence-corrected chi connectivity index (χ0v) is 9.06. The van der Waals surface area contributed by atoms with Gasteiger partial charge in [0.25, 0.3) is 0 Å². The largest absolute Gasteiger partial charge is 0.420 e. The lowest BCUT2D eigenvalue weighted by Crippen LogP contribution is -2.05. The second-order valence-corrected chi connectivity index (χ2v) is 4.49. The van der Waals surface area contributed by atoms with E-state index in [2.05, 4.69) is 9.80 Å². The van der Waals surface area contributed by atoms with Gasteiger partial charge in [0.15, 0.2) is 0 Å². The molecule has 7 heteroatoms. The van der Waals surface area contributed by atoms with Crippen LogP contribution in [0.4, 0.5) is 0 Å². The number of nitrogens with zero attached hydrogens (tertiary/aromatic N) is 3. The van der Waals surface area contributed by atoms with Gasteiger partial charge in [-0.15, -0.1) is 0 Å². The second-order valence-electron chi connectivity index (χ2n) is 2.96. The molecule has 0 radical (unpaired) electrons. The van der Waals surface area contributed by atoms with Crippen molar-refractivity contribution in [1.29, 1.82) is 0 Å². The zero-order valence-electron chi connectivity index (χ0n) is 8.17. The van der Waals surface area contributed by atoms with E-state index in [-0.39, 0.29) is 12.2 Å². The van der Waals surface area contributed by atoms with E-state index in [1.54, 1.807) is 27.7 Å². The van der Waals surface area contributed by atoms with E-state index in [9.17, 15) is 4.57 Å². The fraction of sp³-hybridized carbons (Fsp3) is 1.00. The number of rotatable bonds is 5. The summed E-state index contributed by atoms with van der Waals surface area (Å²) in [6.07, 6.45) is -0.620. The summed E-state index contributed by atoms with van der Waals surface area (Å²) in [4.78, 5) is 5.45. The third kappa shape index (κ3) is 5.66. The first-order chi connectivity index (χ1) is 5.89. The van der Waals surface area contributed by atoms with Gasteiger partial charge in [0.2, 0.25) is 0 Å². The van der Waals surface area contributed by atoms with Crippen LogP contribution in [0.15, 0.2) is 4.88 Å². The molecular formula is C6H14N3O3P. The molecule has 0 amide bonds. The lowest BCUT2D eigenvalue weighted by atomic mass is 10.5. The highest BCUT2D eigenvalue weighted by molar-refractivity contribution is 7.52. The van der Waals surface area contributed by atoms with Crippen molar-refractivity contribution in [2.24, 2.45) is 4.88 Å². The van der Waals surface area contributed by atoms with Crippen LogP contribution in [0.1, 0.15) is 27.7 Å². The number of azide groups is 1. The van der Waals surface area contributed by atoms with Gasteiger partial charge < -0.3 is 9.05 Å². The van der Waals surface area contributed by atoms with E-state index < -0.39 is 7.75 Å². The van der Waals surface area contributed by atoms with Crippen molar-refractivity contribution in [2.45, 2.75) is 39.9 Å². The Labute approximate surface area is 77.4 Å². The number of hydrogen-bond acceptors (Lipinski definition) is 3. The van der Waals surface area contributed by atoms with Crippen LogP contribution >= 0.6 is 7.75 Å². The minimum Gasteiger partial charge on any atom is -0.301 e. The first kappa shape index (κ1) is 12.5. The molecule has 0 aromatic carbocycles. The Morgan fingerprint density at radius 2 is 1.62 bits per heavy atom. The van der Waals surface area contributed by atoms with Crippen molar-refractivity contribution in [3.8, 4) is 0 Å². The van der Waals surface area contributed by atoms with Crippen LogP contribution < -0.4 is 0 Å². The molecule has 0 saturated heterocycles. The quantitative estimate of drug-likeness (QED) is 0.300. The summed E-state index contributed by atoms with van der Waals surface area (Å²) in [5, 5.41) is 0. The Morgan fingerprint density at radius 1 is 1.23 bits per heavy atom. The van der Waals surface area contributed by atoms with Crippen LogP contribution in [-0.2, 0) is 13.6 Å². The van der Waals surface area contributed by atoms with Crippen molar-refractivity contribution in [3.05, 3.63) is 10.4 Å². The maximum absolute atomic E-state index is 11.6. The Kier molecular flexibility index (Phi) is 5.03. The van der Waals surface area contributed by atoms with Gasteiger partial charge in [-0.25, -0.2) is 0 Å². The molecule has 0 aromatic rings. The first-order valence-corrected chi connectivity index (χ1v) is 5.42. The van der Waals surface area contributed by atoms with E-state index in [0.717, 1.165) is 0 Å². The van der Waals surface area contributed by atoms with Crippen molar-refractivity contribution < 1.29 is 13.6 Å². The molecule has 0 unspecified atom stereocenters. The summed E-state index contributed by atoms with van der Waals surface area (Å²) in [7, 11) is -3.62. The lowest BCUT2D eigenvalue weighted by Gasteiger charge is -2.17. The van der Waals surface area contributed by atoms with Crippen LogP contribution in [0.25, 0.3) is 10.4 Å². The maximum Gasteiger partial charge on any atom is 0.420 e. The van der Waals surface area contributed by atoms with Crippen molar-refractivity contribution in [3.63, 3.8) is 0 Å². The highest BCUT2D eigenvalue weighted by Crippen LogP contribution is 2.52. The fourth-order valence-corrected chi connectivity index (χ4v) is 1.95. The molecule has 6 nitrogen and oxygen atoms in total. The molecule has 0 N–H and O–H groups in total. The number of hydrogen-bond donors (Lipinski definition) is 0. The smallest absolute Gasteiger partial charge is 0.301 e. The summed E-state index contributed by atoms with van der Waals surface area (Å²) in [6.45, 7) is 6.74. The summed E-state index contributed by atoms with van der Waals surface area (Å²) in [5.41, 5.74) is 8.15.